The number of nitrogens with zero attached hydrogens (tertiary/aromatic N) is 1. The zero-order valence-electron chi connectivity index (χ0n) is 21.0. The van der Waals surface area contributed by atoms with E-state index in [4.69, 9.17) is 22.4 Å². The predicted molar refractivity (Wildman–Crippen MR) is 253 cm³/mol. The van der Waals surface area contributed by atoms with Crippen LogP contribution in [0, 0.1) is 0 Å². The second kappa shape index (κ2) is 26.8. The fraction of sp³-hybridized carbons (Fsp3) is 0. The number of aromatic nitrogens is 1. The molecule has 3 aromatic rings. The van der Waals surface area contributed by atoms with Gasteiger partial charge in [-0.15, -0.1) is 0 Å². The molecule has 0 aliphatic heterocycles. The van der Waals surface area contributed by atoms with Crippen molar-refractivity contribution in [2.24, 2.45) is 0 Å². The van der Waals surface area contributed by atoms with Crippen LogP contribution in [0.4, 0.5) is 0 Å². The first-order valence-corrected chi connectivity index (χ1v) is 40.0. The third-order valence-corrected chi connectivity index (χ3v) is 48.9. The van der Waals surface area contributed by atoms with Crippen molar-refractivity contribution in [3.05, 3.63) is 78.0 Å². The Kier molecular flexibility index (Phi) is 24.6. The lowest BCUT2D eigenvalue weighted by atomic mass is 9.85. The lowest BCUT2D eigenvalue weighted by molar-refractivity contribution is 0.0815. The number of hydrogen-bond donors (Lipinski definition) is 0. The van der Waals surface area contributed by atoms with Gasteiger partial charge in [-0.3, -0.25) is 14.6 Å². The summed E-state index contributed by atoms with van der Waals surface area (Å²) in [6, 6.07) is 18.7. The zero-order chi connectivity index (χ0) is 32.0. The number of pyridine rings is 1. The van der Waals surface area contributed by atoms with E-state index in [-0.39, 0.29) is 0 Å². The van der Waals surface area contributed by atoms with Crippen molar-refractivity contribution in [2.45, 2.75) is 0 Å². The van der Waals surface area contributed by atoms with Crippen LogP contribution in [0.5, 0.6) is 0 Å². The number of Topliss-reactive ketones (excluding diaryl/α,β-unsaturated/α-hetero) is 2. The molecule has 1 aromatic heterocycles. The standard InChI is InChI=1S/C19H11NO2.S23/c21-18-15-7-4-10-20-17(15)14-9-8-13(11-16(14)19(18)22)12-5-2-1-3-6-12;1-3-5-7-9-11-13-15-17-19-21-23-22-20-18-16-14-12-10-8-6-4-2/h1-11H;. The fourth-order valence-electron chi connectivity index (χ4n) is 3.01. The molecule has 0 unspecified atom stereocenters. The molecule has 0 spiro atoms. The number of rotatable bonds is 1. The molecule has 1 aliphatic carbocycles. The maximum Gasteiger partial charge on any atom is 0.235 e. The first-order chi connectivity index (χ1) is 22.2. The van der Waals surface area contributed by atoms with E-state index in [1.165, 1.54) is 17.8 Å². The number of hydrogen-bond acceptors (Lipinski definition) is 5. The van der Waals surface area contributed by atoms with Crippen LogP contribution >= 0.6 is 0 Å². The highest BCUT2D eigenvalue weighted by Crippen LogP contribution is 2.34. The van der Waals surface area contributed by atoms with Gasteiger partial charge < -0.3 is 0 Å². The smallest absolute Gasteiger partial charge is 0.235 e. The number of benzene rings is 2. The van der Waals surface area contributed by atoms with E-state index in [1.54, 1.807) is 166 Å². The van der Waals surface area contributed by atoms with Gasteiger partial charge in [0, 0.05) is 226 Å². The molecule has 0 saturated carbocycles. The van der Waals surface area contributed by atoms with E-state index in [1.807, 2.05) is 69.1 Å². The topological polar surface area (TPSA) is 47.0 Å². The van der Waals surface area contributed by atoms with E-state index < -0.39 is 11.6 Å². The molecule has 2 aromatic carbocycles. The van der Waals surface area contributed by atoms with Gasteiger partial charge in [0.15, 0.2) is 0 Å². The second-order valence-electron chi connectivity index (χ2n) is 6.61. The van der Waals surface area contributed by atoms with Crippen molar-refractivity contribution in [2.75, 3.05) is 0 Å². The zero-order valence-corrected chi connectivity index (χ0v) is 39.8. The first-order valence-electron chi connectivity index (χ1n) is 10.7. The average molecular weight is 1020 g/mol. The molecule has 242 valence electrons. The van der Waals surface area contributed by atoms with E-state index in [0.29, 0.717) is 16.8 Å². The summed E-state index contributed by atoms with van der Waals surface area (Å²) in [6.45, 7) is 0. The van der Waals surface area contributed by atoms with E-state index in [9.17, 15) is 9.59 Å². The molecular formula is C19H11NO2S23. The van der Waals surface area contributed by atoms with E-state index >= 15 is 0 Å². The Balaban J connectivity index is 0.000000245. The van der Waals surface area contributed by atoms with Gasteiger partial charge in [0.25, 0.3) is 0 Å². The minimum Gasteiger partial charge on any atom is -0.285 e. The molecule has 0 amide bonds. The molecule has 3 nitrogen and oxygen atoms in total. The number of ketones is 2. The number of carbonyl (C=O) groups is 2. The van der Waals surface area contributed by atoms with Gasteiger partial charge in [0.1, 0.15) is 0 Å². The van der Waals surface area contributed by atoms with Crippen LogP contribution in [-0.2, 0) is 209 Å². The Morgan fingerprint density at radius 3 is 1.33 bits per heavy atom. The van der Waals surface area contributed by atoms with Crippen LogP contribution < -0.4 is 0 Å². The van der Waals surface area contributed by atoms with Crippen LogP contribution in [-0.4, -0.2) is 16.6 Å². The molecule has 1 aliphatic rings. The number of fused-ring (bicyclic) bond motifs is 3. The van der Waals surface area contributed by atoms with E-state index in [2.05, 4.69) is 4.98 Å². The van der Waals surface area contributed by atoms with Crippen molar-refractivity contribution in [1.82, 2.24) is 4.98 Å². The summed E-state index contributed by atoms with van der Waals surface area (Å²) < 4.78 is 0. The summed E-state index contributed by atoms with van der Waals surface area (Å²) >= 11 is 9.54. The Labute approximate surface area is 329 Å². The second-order valence-corrected chi connectivity index (χ2v) is 43.8. The van der Waals surface area contributed by atoms with Gasteiger partial charge in [-0.25, -0.2) is 0 Å². The van der Waals surface area contributed by atoms with Crippen LogP contribution in [0.1, 0.15) is 20.7 Å². The summed E-state index contributed by atoms with van der Waals surface area (Å²) in [7, 11) is 36.3. The molecule has 4 rings (SSSR count). The largest absolute Gasteiger partial charge is 0.285 e. The highest BCUT2D eigenvalue weighted by molar-refractivity contribution is 8.78. The normalized spacial score (nSPS) is 10.0. The molecule has 0 N–H and O–H groups in total. The molecule has 0 atom stereocenters. The Bertz CT molecular complexity index is 2470. The van der Waals surface area contributed by atoms with Crippen molar-refractivity contribution in [1.29, 1.82) is 0 Å². The Morgan fingerprint density at radius 2 is 0.867 bits per heavy atom. The molecule has 0 radical (unpaired) electrons. The molecule has 1 heterocycles. The van der Waals surface area contributed by atoms with Crippen molar-refractivity contribution in [3.8, 4) is 22.4 Å². The van der Waals surface area contributed by atoms with Gasteiger partial charge in [-0.2, -0.15) is 0 Å². The summed E-state index contributed by atoms with van der Waals surface area (Å²) in [5.41, 5.74) is 4.05. The van der Waals surface area contributed by atoms with Gasteiger partial charge in [-0.05, 0) is 29.3 Å². The monoisotopic (exact) mass is 1020 g/mol. The highest BCUT2D eigenvalue weighted by Gasteiger charge is 2.31. The number of carbonyl (C=O) groups excluding carboxylic acids is 2. The minimum atomic E-state index is -0.485. The maximum absolute atomic E-state index is 12.4. The quantitative estimate of drug-likeness (QED) is 0.349. The Hall–Kier alpha value is 1.99. The maximum atomic E-state index is 12.4. The van der Waals surface area contributed by atoms with Gasteiger partial charge in [-0.1, -0.05) is 42.5 Å². The molecule has 0 fully saturated rings. The third-order valence-electron chi connectivity index (χ3n) is 4.44. The van der Waals surface area contributed by atoms with Crippen molar-refractivity contribution >= 4 is 220 Å². The summed E-state index contributed by atoms with van der Waals surface area (Å²) in [6.07, 6.45) is 1.64. The third kappa shape index (κ3) is 16.3. The van der Waals surface area contributed by atoms with Gasteiger partial charge in [0.05, 0.1) is 11.3 Å². The summed E-state index contributed by atoms with van der Waals surface area (Å²) in [5, 5.41) is 0. The van der Waals surface area contributed by atoms with Crippen LogP contribution in [0.3, 0.4) is 0 Å². The lowest BCUT2D eigenvalue weighted by Crippen LogP contribution is -2.21. The molecule has 0 saturated heterocycles. The Morgan fingerprint density at radius 1 is 0.422 bits per heavy atom. The van der Waals surface area contributed by atoms with Crippen LogP contribution in [0.2, 0.25) is 0 Å². The van der Waals surface area contributed by atoms with Gasteiger partial charge in [0.2, 0.25) is 11.6 Å². The molecule has 45 heavy (non-hydrogen) atoms. The van der Waals surface area contributed by atoms with E-state index in [0.717, 1.165) is 16.7 Å². The SMILES string of the molecule is O=C1C(=O)c2cccnc2-c2ccc(-c3ccccc3)cc21.S=S=S=S=S=S=S=S=S=S=S=S=S=S=S=S=S=S=S=S=S=S=S. The molecule has 0 bridgehead atoms. The lowest BCUT2D eigenvalue weighted by Gasteiger charge is -2.17. The molecular weight excluding hydrogens is 1010 g/mol. The minimum absolute atomic E-state index is 0.382. The fourth-order valence-corrected chi connectivity index (χ4v) is 55.2. The van der Waals surface area contributed by atoms with Crippen LogP contribution in [0.25, 0.3) is 22.4 Å². The highest BCUT2D eigenvalue weighted by atomic mass is 33.5. The first kappa shape index (κ1) is 41.4. The van der Waals surface area contributed by atoms with Crippen molar-refractivity contribution < 1.29 is 9.59 Å². The van der Waals surface area contributed by atoms with Crippen LogP contribution in [0.15, 0.2) is 66.9 Å². The van der Waals surface area contributed by atoms with Crippen molar-refractivity contribution in [3.63, 3.8) is 0 Å². The van der Waals surface area contributed by atoms with Gasteiger partial charge >= 0.3 is 0 Å². The molecule has 26 heteroatoms. The summed E-state index contributed by atoms with van der Waals surface area (Å²) in [4.78, 5) is 28.9. The average Bonchev–Trinajstić information content (AvgIpc) is 3.08. The summed E-state index contributed by atoms with van der Waals surface area (Å²) in [5.74, 6) is -0.950. The predicted octanol–water partition coefficient (Wildman–Crippen LogP) is 3.74.